The molecule has 5 rings (SSSR count). The summed E-state index contributed by atoms with van der Waals surface area (Å²) in [6.07, 6.45) is 5.52. The fraction of sp³-hybridized carbons (Fsp3) is 0.500. The number of benzene rings is 2. The molecule has 1 aromatic heterocycles. The molecule has 1 aliphatic carbocycles. The molecule has 1 aliphatic heterocycles. The lowest BCUT2D eigenvalue weighted by Gasteiger charge is -2.41. The van der Waals surface area contributed by atoms with Crippen LogP contribution in [0.3, 0.4) is 0 Å². The summed E-state index contributed by atoms with van der Waals surface area (Å²) in [4.78, 5) is 14.7. The average Bonchev–Trinajstić information content (AvgIpc) is 3.03. The number of aromatic nitrogens is 2. The van der Waals surface area contributed by atoms with Crippen LogP contribution in [0.2, 0.25) is 0 Å². The highest BCUT2D eigenvalue weighted by Crippen LogP contribution is 2.30. The van der Waals surface area contributed by atoms with Crippen LogP contribution in [0.1, 0.15) is 31.2 Å². The molecule has 3 aromatic rings. The van der Waals surface area contributed by atoms with Gasteiger partial charge in [-0.25, -0.2) is 23.2 Å². The van der Waals surface area contributed by atoms with E-state index in [0.29, 0.717) is 37.9 Å². The summed E-state index contributed by atoms with van der Waals surface area (Å²) in [6, 6.07) is 12.5. The molecule has 12 nitrogen and oxygen atoms in total. The standard InChI is InChI=1S/C30H38N6O6S2/c1-23-3-10-27(11-4-23)44(39,40)42-18-17-41-19-20-43(37,38)36-15-13-35(14-16-36)26-8-5-24(6-9-26)34-30-28-21-25(31-2)7-12-29(28)32-22-33-30/h3-4,7,10-12,21-22,24,26H,5-6,8-9,13-20H2,1H3,(H,32,33,34). The molecule has 0 amide bonds. The predicted molar refractivity (Wildman–Crippen MR) is 168 cm³/mol. The van der Waals surface area contributed by atoms with E-state index in [1.165, 1.54) is 16.4 Å². The summed E-state index contributed by atoms with van der Waals surface area (Å²) in [5.41, 5.74) is 2.31. The number of sulfonamides is 1. The van der Waals surface area contributed by atoms with E-state index in [0.717, 1.165) is 48.0 Å². The monoisotopic (exact) mass is 642 g/mol. The van der Waals surface area contributed by atoms with Crippen molar-refractivity contribution >= 4 is 42.5 Å². The Hall–Kier alpha value is -3.19. The number of ether oxygens (including phenoxy) is 1. The Bertz CT molecular complexity index is 1680. The van der Waals surface area contributed by atoms with Crippen LogP contribution in [0.15, 0.2) is 53.7 Å². The summed E-state index contributed by atoms with van der Waals surface area (Å²) in [5, 5.41) is 4.42. The van der Waals surface area contributed by atoms with E-state index in [-0.39, 0.29) is 36.5 Å². The molecular formula is C30H38N6O6S2. The van der Waals surface area contributed by atoms with Crippen LogP contribution in [0.4, 0.5) is 11.5 Å². The molecule has 2 aromatic carbocycles. The van der Waals surface area contributed by atoms with Gasteiger partial charge < -0.3 is 10.1 Å². The third-order valence-corrected chi connectivity index (χ3v) is 11.4. The van der Waals surface area contributed by atoms with Gasteiger partial charge >= 0.3 is 0 Å². The average molecular weight is 643 g/mol. The quantitative estimate of drug-likeness (QED) is 0.177. The van der Waals surface area contributed by atoms with Crippen molar-refractivity contribution in [2.45, 2.75) is 49.6 Å². The van der Waals surface area contributed by atoms with Crippen molar-refractivity contribution in [3.05, 3.63) is 65.8 Å². The molecule has 2 fully saturated rings. The normalized spacial score (nSPS) is 20.4. The molecule has 44 heavy (non-hydrogen) atoms. The Balaban J connectivity index is 1.00. The van der Waals surface area contributed by atoms with E-state index < -0.39 is 20.1 Å². The van der Waals surface area contributed by atoms with Crippen molar-refractivity contribution in [1.82, 2.24) is 19.2 Å². The number of aryl methyl sites for hydroxylation is 1. The van der Waals surface area contributed by atoms with Gasteiger partial charge in [-0.1, -0.05) is 23.8 Å². The minimum atomic E-state index is -3.88. The Labute approximate surface area is 259 Å². The number of anilines is 1. The van der Waals surface area contributed by atoms with Gasteiger partial charge in [-0.2, -0.15) is 12.7 Å². The van der Waals surface area contributed by atoms with Crippen LogP contribution in [-0.2, 0) is 29.1 Å². The van der Waals surface area contributed by atoms with Crippen LogP contribution in [0.5, 0.6) is 0 Å². The predicted octanol–water partition coefficient (Wildman–Crippen LogP) is 3.58. The van der Waals surface area contributed by atoms with Crippen molar-refractivity contribution in [2.75, 3.05) is 57.1 Å². The highest BCUT2D eigenvalue weighted by Gasteiger charge is 2.32. The van der Waals surface area contributed by atoms with Crippen molar-refractivity contribution in [3.8, 4) is 0 Å². The summed E-state index contributed by atoms with van der Waals surface area (Å²) >= 11 is 0. The minimum absolute atomic E-state index is 0.0264. The van der Waals surface area contributed by atoms with Gasteiger partial charge in [0.2, 0.25) is 10.0 Å². The summed E-state index contributed by atoms with van der Waals surface area (Å²) in [5.74, 6) is 0.593. The van der Waals surface area contributed by atoms with E-state index in [9.17, 15) is 16.8 Å². The zero-order chi connectivity index (χ0) is 31.2. The van der Waals surface area contributed by atoms with Gasteiger partial charge in [0, 0.05) is 43.6 Å². The first kappa shape index (κ1) is 32.2. The summed E-state index contributed by atoms with van der Waals surface area (Å²) < 4.78 is 62.2. The zero-order valence-electron chi connectivity index (χ0n) is 24.8. The molecule has 1 saturated heterocycles. The third kappa shape index (κ3) is 8.09. The van der Waals surface area contributed by atoms with Gasteiger partial charge in [0.15, 0.2) is 5.69 Å². The van der Waals surface area contributed by atoms with Crippen LogP contribution < -0.4 is 5.32 Å². The van der Waals surface area contributed by atoms with E-state index in [1.54, 1.807) is 24.5 Å². The topological polar surface area (TPSA) is 135 Å². The maximum atomic E-state index is 12.9. The molecule has 1 N–H and O–H groups in total. The van der Waals surface area contributed by atoms with Crippen molar-refractivity contribution in [3.63, 3.8) is 0 Å². The Kier molecular flexibility index (Phi) is 10.5. The van der Waals surface area contributed by atoms with Gasteiger partial charge in [-0.3, -0.25) is 9.08 Å². The van der Waals surface area contributed by atoms with Crippen molar-refractivity contribution in [2.24, 2.45) is 0 Å². The molecule has 0 unspecified atom stereocenters. The highest BCUT2D eigenvalue weighted by atomic mass is 32.2. The van der Waals surface area contributed by atoms with Gasteiger partial charge in [-0.05, 0) is 56.9 Å². The maximum absolute atomic E-state index is 12.9. The second-order valence-electron chi connectivity index (χ2n) is 11.1. The lowest BCUT2D eigenvalue weighted by molar-refractivity contribution is 0.104. The number of hydrogen-bond donors (Lipinski definition) is 1. The largest absolute Gasteiger partial charge is 0.378 e. The van der Waals surface area contributed by atoms with E-state index >= 15 is 0 Å². The van der Waals surface area contributed by atoms with Gasteiger partial charge in [0.25, 0.3) is 10.1 Å². The molecule has 0 spiro atoms. The second-order valence-corrected chi connectivity index (χ2v) is 14.8. The van der Waals surface area contributed by atoms with Crippen molar-refractivity contribution < 1.29 is 25.8 Å². The number of rotatable bonds is 12. The summed E-state index contributed by atoms with van der Waals surface area (Å²) in [7, 11) is -7.37. The molecular weight excluding hydrogens is 605 g/mol. The smallest absolute Gasteiger partial charge is 0.297 e. The Morgan fingerprint density at radius 1 is 0.932 bits per heavy atom. The summed E-state index contributed by atoms with van der Waals surface area (Å²) in [6.45, 7) is 11.2. The highest BCUT2D eigenvalue weighted by molar-refractivity contribution is 7.89. The van der Waals surface area contributed by atoms with Crippen LogP contribution in [-0.4, -0.2) is 99.8 Å². The van der Waals surface area contributed by atoms with Gasteiger partial charge in [0.1, 0.15) is 12.1 Å². The lowest BCUT2D eigenvalue weighted by Crippen LogP contribution is -2.53. The molecule has 2 heterocycles. The first-order valence-electron chi connectivity index (χ1n) is 14.8. The molecule has 236 valence electrons. The molecule has 2 aliphatic rings. The molecule has 0 bridgehead atoms. The second kappa shape index (κ2) is 14.3. The molecule has 14 heteroatoms. The number of nitrogens with zero attached hydrogens (tertiary/aromatic N) is 5. The molecule has 0 radical (unpaired) electrons. The van der Waals surface area contributed by atoms with E-state index in [1.807, 2.05) is 19.1 Å². The first-order chi connectivity index (χ1) is 21.1. The molecule has 1 saturated carbocycles. The Morgan fingerprint density at radius 3 is 2.36 bits per heavy atom. The van der Waals surface area contributed by atoms with E-state index in [2.05, 4.69) is 25.0 Å². The zero-order valence-corrected chi connectivity index (χ0v) is 26.4. The Morgan fingerprint density at radius 2 is 1.66 bits per heavy atom. The fourth-order valence-electron chi connectivity index (χ4n) is 5.73. The fourth-order valence-corrected chi connectivity index (χ4v) is 7.93. The first-order valence-corrected chi connectivity index (χ1v) is 17.8. The van der Waals surface area contributed by atoms with Gasteiger partial charge in [0.05, 0.1) is 42.6 Å². The van der Waals surface area contributed by atoms with Crippen LogP contribution in [0, 0.1) is 13.5 Å². The SMILES string of the molecule is [C-]#[N+]c1ccc2ncnc(NC3CCC(N4CCN(S(=O)(=O)CCOCCOS(=O)(=O)c5ccc(C)cc5)CC4)CC3)c2c1. The number of piperazine rings is 1. The third-order valence-electron chi connectivity index (χ3n) is 8.23. The molecule has 0 atom stereocenters. The van der Waals surface area contributed by atoms with Gasteiger partial charge in [-0.15, -0.1) is 0 Å². The minimum Gasteiger partial charge on any atom is -0.378 e. The number of nitrogens with one attached hydrogen (secondary N) is 1. The van der Waals surface area contributed by atoms with Crippen molar-refractivity contribution in [1.29, 1.82) is 0 Å². The number of hydrogen-bond acceptors (Lipinski definition) is 10. The number of fused-ring (bicyclic) bond motifs is 1. The van der Waals surface area contributed by atoms with Crippen LogP contribution in [0.25, 0.3) is 15.7 Å². The maximum Gasteiger partial charge on any atom is 0.297 e. The van der Waals surface area contributed by atoms with E-state index in [4.69, 9.17) is 15.5 Å². The lowest BCUT2D eigenvalue weighted by atomic mass is 9.89. The van der Waals surface area contributed by atoms with Crippen LogP contribution >= 0.6 is 0 Å².